The Morgan fingerprint density at radius 3 is 2.71 bits per heavy atom. The molecule has 0 radical (unpaired) electrons. The highest BCUT2D eigenvalue weighted by atomic mass is 79.9. The number of urea groups is 1. The standard InChI is InChI=1S/C17H27BrN4O2/c1-12(2)10-14(22-6-8-24-9-7-22)11-19-17(23)21-16-5-4-15(18)13(3)20-16/h4-5,12,14H,6-11H2,1-3H3,(H2,19,20,21,23). The Hall–Kier alpha value is -1.18. The van der Waals surface area contributed by atoms with E-state index in [4.69, 9.17) is 4.74 Å². The Morgan fingerprint density at radius 1 is 1.38 bits per heavy atom. The van der Waals surface area contributed by atoms with Crippen molar-refractivity contribution in [3.8, 4) is 0 Å². The second kappa shape index (κ2) is 9.34. The molecule has 0 spiro atoms. The van der Waals surface area contributed by atoms with Crippen LogP contribution < -0.4 is 10.6 Å². The van der Waals surface area contributed by atoms with E-state index in [0.29, 0.717) is 24.3 Å². The quantitative estimate of drug-likeness (QED) is 0.772. The van der Waals surface area contributed by atoms with Crippen molar-refractivity contribution in [2.45, 2.75) is 33.2 Å². The molecule has 2 N–H and O–H groups in total. The van der Waals surface area contributed by atoms with Crippen molar-refractivity contribution in [2.75, 3.05) is 38.2 Å². The van der Waals surface area contributed by atoms with Gasteiger partial charge in [-0.3, -0.25) is 10.2 Å². The maximum Gasteiger partial charge on any atom is 0.320 e. The number of aromatic nitrogens is 1. The van der Waals surface area contributed by atoms with Gasteiger partial charge in [-0.15, -0.1) is 0 Å². The van der Waals surface area contributed by atoms with Gasteiger partial charge in [-0.1, -0.05) is 13.8 Å². The van der Waals surface area contributed by atoms with E-state index in [0.717, 1.165) is 42.9 Å². The van der Waals surface area contributed by atoms with Gasteiger partial charge in [0.2, 0.25) is 0 Å². The van der Waals surface area contributed by atoms with Gasteiger partial charge in [0.05, 0.1) is 18.9 Å². The zero-order valence-electron chi connectivity index (χ0n) is 14.6. The van der Waals surface area contributed by atoms with Crippen LogP contribution in [-0.2, 0) is 4.74 Å². The number of anilines is 1. The third-order valence-electron chi connectivity index (χ3n) is 4.07. The largest absolute Gasteiger partial charge is 0.379 e. The third-order valence-corrected chi connectivity index (χ3v) is 4.90. The molecule has 1 aromatic rings. The first-order valence-corrected chi connectivity index (χ1v) is 9.25. The molecule has 1 unspecified atom stereocenters. The Labute approximate surface area is 152 Å². The van der Waals surface area contributed by atoms with Crippen molar-refractivity contribution in [1.29, 1.82) is 0 Å². The van der Waals surface area contributed by atoms with Crippen LogP contribution in [0.1, 0.15) is 26.0 Å². The van der Waals surface area contributed by atoms with Gasteiger partial charge in [0.1, 0.15) is 5.82 Å². The highest BCUT2D eigenvalue weighted by Gasteiger charge is 2.22. The van der Waals surface area contributed by atoms with Crippen molar-refractivity contribution in [1.82, 2.24) is 15.2 Å². The fourth-order valence-corrected chi connectivity index (χ4v) is 3.05. The molecule has 134 valence electrons. The molecule has 1 aliphatic rings. The van der Waals surface area contributed by atoms with E-state index in [2.05, 4.69) is 50.3 Å². The first kappa shape index (κ1) is 19.1. The monoisotopic (exact) mass is 398 g/mol. The van der Waals surface area contributed by atoms with Gasteiger partial charge < -0.3 is 10.1 Å². The molecule has 1 atom stereocenters. The molecule has 0 bridgehead atoms. The van der Waals surface area contributed by atoms with Crippen molar-refractivity contribution in [3.63, 3.8) is 0 Å². The molecule has 6 nitrogen and oxygen atoms in total. The Morgan fingerprint density at radius 2 is 2.08 bits per heavy atom. The van der Waals surface area contributed by atoms with E-state index in [1.165, 1.54) is 0 Å². The van der Waals surface area contributed by atoms with Crippen molar-refractivity contribution in [3.05, 3.63) is 22.3 Å². The summed E-state index contributed by atoms with van der Waals surface area (Å²) in [6.45, 7) is 10.3. The topological polar surface area (TPSA) is 66.5 Å². The van der Waals surface area contributed by atoms with E-state index in [9.17, 15) is 4.79 Å². The molecular weight excluding hydrogens is 372 g/mol. The van der Waals surface area contributed by atoms with Crippen LogP contribution in [0.25, 0.3) is 0 Å². The van der Waals surface area contributed by atoms with Gasteiger partial charge in [0.25, 0.3) is 0 Å². The van der Waals surface area contributed by atoms with Gasteiger partial charge in [-0.2, -0.15) is 0 Å². The number of hydrogen-bond acceptors (Lipinski definition) is 4. The third kappa shape index (κ3) is 6.03. The number of halogens is 1. The lowest BCUT2D eigenvalue weighted by Gasteiger charge is -2.35. The predicted molar refractivity (Wildman–Crippen MR) is 99.3 cm³/mol. The summed E-state index contributed by atoms with van der Waals surface area (Å²) in [5, 5.41) is 5.78. The number of nitrogens with zero attached hydrogens (tertiary/aromatic N) is 2. The molecule has 1 aromatic heterocycles. The van der Waals surface area contributed by atoms with E-state index in [-0.39, 0.29) is 6.03 Å². The second-order valence-electron chi connectivity index (χ2n) is 6.53. The van der Waals surface area contributed by atoms with Gasteiger partial charge in [0, 0.05) is 30.1 Å². The molecule has 24 heavy (non-hydrogen) atoms. The molecule has 2 amide bonds. The lowest BCUT2D eigenvalue weighted by atomic mass is 10.0. The minimum Gasteiger partial charge on any atom is -0.379 e. The maximum absolute atomic E-state index is 12.2. The molecule has 2 rings (SSSR count). The van der Waals surface area contributed by atoms with E-state index >= 15 is 0 Å². The zero-order chi connectivity index (χ0) is 17.5. The van der Waals surface area contributed by atoms with Crippen LogP contribution in [0.15, 0.2) is 16.6 Å². The molecule has 0 aliphatic carbocycles. The number of carbonyl (C=O) groups is 1. The highest BCUT2D eigenvalue weighted by Crippen LogP contribution is 2.16. The summed E-state index contributed by atoms with van der Waals surface area (Å²) in [7, 11) is 0. The number of aryl methyl sites for hydroxylation is 1. The zero-order valence-corrected chi connectivity index (χ0v) is 16.2. The highest BCUT2D eigenvalue weighted by molar-refractivity contribution is 9.10. The van der Waals surface area contributed by atoms with Gasteiger partial charge in [0.15, 0.2) is 0 Å². The fraction of sp³-hybridized carbons (Fsp3) is 0.647. The van der Waals surface area contributed by atoms with Crippen LogP contribution >= 0.6 is 15.9 Å². The smallest absolute Gasteiger partial charge is 0.320 e. The first-order chi connectivity index (χ1) is 11.5. The SMILES string of the molecule is Cc1nc(NC(=O)NCC(CC(C)C)N2CCOCC2)ccc1Br. The van der Waals surface area contributed by atoms with Crippen molar-refractivity contribution >= 4 is 27.8 Å². The number of carbonyl (C=O) groups excluding carboxylic acids is 1. The predicted octanol–water partition coefficient (Wildman–Crippen LogP) is 3.02. The molecular formula is C17H27BrN4O2. The summed E-state index contributed by atoms with van der Waals surface area (Å²) in [5.41, 5.74) is 0.846. The molecule has 2 heterocycles. The molecule has 0 aromatic carbocycles. The lowest BCUT2D eigenvalue weighted by Crippen LogP contribution is -2.49. The Bertz CT molecular complexity index is 547. The second-order valence-corrected chi connectivity index (χ2v) is 7.38. The number of pyridine rings is 1. The number of hydrogen-bond donors (Lipinski definition) is 2. The van der Waals surface area contributed by atoms with Crippen LogP contribution in [0.4, 0.5) is 10.6 Å². The average Bonchev–Trinajstić information content (AvgIpc) is 2.55. The van der Waals surface area contributed by atoms with Crippen LogP contribution in [-0.4, -0.2) is 54.8 Å². The number of ether oxygens (including phenoxy) is 1. The molecule has 1 saturated heterocycles. The van der Waals surface area contributed by atoms with E-state index < -0.39 is 0 Å². The normalized spacial score (nSPS) is 16.9. The summed E-state index contributed by atoms with van der Waals surface area (Å²) in [6, 6.07) is 3.78. The number of rotatable bonds is 6. The summed E-state index contributed by atoms with van der Waals surface area (Å²) in [4.78, 5) is 18.9. The average molecular weight is 399 g/mol. The Kier molecular flexibility index (Phi) is 7.45. The van der Waals surface area contributed by atoms with Crippen LogP contribution in [0.3, 0.4) is 0 Å². The summed E-state index contributed by atoms with van der Waals surface area (Å²) >= 11 is 3.41. The Balaban J connectivity index is 1.87. The van der Waals surface area contributed by atoms with Crippen LogP contribution in [0.2, 0.25) is 0 Å². The fourth-order valence-electron chi connectivity index (χ4n) is 2.83. The van der Waals surface area contributed by atoms with Crippen LogP contribution in [0.5, 0.6) is 0 Å². The molecule has 7 heteroatoms. The molecule has 1 fully saturated rings. The first-order valence-electron chi connectivity index (χ1n) is 8.45. The summed E-state index contributed by atoms with van der Waals surface area (Å²) in [5.74, 6) is 1.14. The maximum atomic E-state index is 12.2. The van der Waals surface area contributed by atoms with Crippen LogP contribution in [0, 0.1) is 12.8 Å². The van der Waals surface area contributed by atoms with Gasteiger partial charge in [-0.05, 0) is 47.3 Å². The molecule has 1 aliphatic heterocycles. The number of nitrogens with one attached hydrogen (secondary N) is 2. The number of morpholine rings is 1. The number of amides is 2. The molecule has 0 saturated carbocycles. The van der Waals surface area contributed by atoms with Gasteiger partial charge in [-0.25, -0.2) is 9.78 Å². The van der Waals surface area contributed by atoms with Gasteiger partial charge >= 0.3 is 6.03 Å². The van der Waals surface area contributed by atoms with Crippen molar-refractivity contribution < 1.29 is 9.53 Å². The minimum absolute atomic E-state index is 0.216. The van der Waals surface area contributed by atoms with Crippen molar-refractivity contribution in [2.24, 2.45) is 5.92 Å². The van der Waals surface area contributed by atoms with E-state index in [1.54, 1.807) is 6.07 Å². The summed E-state index contributed by atoms with van der Waals surface area (Å²) < 4.78 is 6.36. The lowest BCUT2D eigenvalue weighted by molar-refractivity contribution is 0.0130. The van der Waals surface area contributed by atoms with E-state index in [1.807, 2.05) is 13.0 Å². The minimum atomic E-state index is -0.216. The summed E-state index contributed by atoms with van der Waals surface area (Å²) in [6.07, 6.45) is 1.05.